The van der Waals surface area contributed by atoms with Crippen molar-refractivity contribution >= 4 is 18.3 Å². The van der Waals surface area contributed by atoms with Crippen LogP contribution in [-0.2, 0) is 19.0 Å². The third-order valence-electron chi connectivity index (χ3n) is 10.7. The van der Waals surface area contributed by atoms with Crippen LogP contribution in [0.25, 0.3) is 5.70 Å². The summed E-state index contributed by atoms with van der Waals surface area (Å²) in [6.45, 7) is 24.2. The van der Waals surface area contributed by atoms with Gasteiger partial charge in [0.25, 0.3) is 0 Å². The summed E-state index contributed by atoms with van der Waals surface area (Å²) in [6, 6.07) is 15.1. The summed E-state index contributed by atoms with van der Waals surface area (Å²) in [6.07, 6.45) is 17.1. The van der Waals surface area contributed by atoms with Gasteiger partial charge in [-0.1, -0.05) is 95.2 Å². The van der Waals surface area contributed by atoms with Gasteiger partial charge in [-0.15, -0.1) is 0 Å². The summed E-state index contributed by atoms with van der Waals surface area (Å²) in [5, 5.41) is 4.03. The predicted octanol–water partition coefficient (Wildman–Crippen LogP) is 8.09. The number of hydrogen-bond donors (Lipinski definition) is 2. The first kappa shape index (κ1) is 39.4. The van der Waals surface area contributed by atoms with Crippen molar-refractivity contribution in [1.29, 1.82) is 0 Å². The van der Waals surface area contributed by atoms with Gasteiger partial charge in [0.2, 0.25) is 0 Å². The van der Waals surface area contributed by atoms with Gasteiger partial charge in [0.15, 0.2) is 0 Å². The van der Waals surface area contributed by atoms with Gasteiger partial charge < -0.3 is 11.1 Å². The van der Waals surface area contributed by atoms with Crippen LogP contribution in [0.3, 0.4) is 0 Å². The van der Waals surface area contributed by atoms with E-state index in [0.717, 1.165) is 55.8 Å². The largest absolute Gasteiger partial charge is 0.399 e. The van der Waals surface area contributed by atoms with Gasteiger partial charge in [-0.2, -0.15) is 0 Å². The number of benzene rings is 2. The van der Waals surface area contributed by atoms with Crippen LogP contribution in [0.2, 0.25) is 0 Å². The summed E-state index contributed by atoms with van der Waals surface area (Å²) in [4.78, 5) is 5.63. The molecule has 3 N–H and O–H groups in total. The van der Waals surface area contributed by atoms with Gasteiger partial charge in [-0.3, -0.25) is 9.80 Å². The third kappa shape index (κ3) is 10.5. The van der Waals surface area contributed by atoms with E-state index in [2.05, 4.69) is 111 Å². The Hall–Kier alpha value is -2.05. The molecule has 5 unspecified atom stereocenters. The molecule has 0 spiro atoms. The van der Waals surface area contributed by atoms with Crippen LogP contribution in [0.4, 0.5) is 0 Å². The molecular weight excluding hydrogens is 593 g/mol. The van der Waals surface area contributed by atoms with Crippen molar-refractivity contribution < 1.29 is 0 Å². The molecule has 1 aliphatic carbocycles. The highest BCUT2D eigenvalue weighted by molar-refractivity contribution is 7.57. The van der Waals surface area contributed by atoms with E-state index in [9.17, 15) is 0 Å². The zero-order chi connectivity index (χ0) is 34.3. The van der Waals surface area contributed by atoms with Crippen molar-refractivity contribution in [2.24, 2.45) is 17.6 Å². The average molecular weight is 662 g/mol. The SMILES string of the molecule is C=C(N)c1ccc(C)c(C(CNCC2CCC2C(/C=C/CC)N2CCN3CCCCC3C2)c2ccc(C)cc2CCC)c1.CC.C[SH2+]. The summed E-state index contributed by atoms with van der Waals surface area (Å²) >= 11 is 2.97. The van der Waals surface area contributed by atoms with Gasteiger partial charge in [0.1, 0.15) is 0 Å². The minimum Gasteiger partial charge on any atom is -0.399 e. The number of rotatable bonds is 13. The second-order valence-electron chi connectivity index (χ2n) is 13.8. The van der Waals surface area contributed by atoms with Crippen LogP contribution in [-0.4, -0.2) is 67.4 Å². The topological polar surface area (TPSA) is 44.5 Å². The molecule has 2 aliphatic heterocycles. The first-order valence-corrected chi connectivity index (χ1v) is 19.9. The van der Waals surface area contributed by atoms with Gasteiger partial charge in [-0.25, -0.2) is 0 Å². The molecule has 5 heteroatoms. The van der Waals surface area contributed by atoms with E-state index in [1.54, 1.807) is 6.26 Å². The second-order valence-corrected chi connectivity index (χ2v) is 13.8. The van der Waals surface area contributed by atoms with Crippen LogP contribution >= 0.6 is 0 Å². The molecule has 47 heavy (non-hydrogen) atoms. The number of fused-ring (bicyclic) bond motifs is 1. The van der Waals surface area contributed by atoms with Crippen molar-refractivity contribution in [2.45, 2.75) is 111 Å². The van der Waals surface area contributed by atoms with Gasteiger partial charge in [0, 0.05) is 49.9 Å². The Kier molecular flexibility index (Phi) is 17.1. The number of nitrogens with one attached hydrogen (secondary N) is 1. The van der Waals surface area contributed by atoms with Crippen LogP contribution in [0.1, 0.15) is 112 Å². The quantitative estimate of drug-likeness (QED) is 0.168. The van der Waals surface area contributed by atoms with Crippen molar-refractivity contribution in [3.63, 3.8) is 0 Å². The predicted molar refractivity (Wildman–Crippen MR) is 212 cm³/mol. The van der Waals surface area contributed by atoms with Crippen LogP contribution in [0, 0.1) is 25.7 Å². The molecule has 3 fully saturated rings. The molecule has 2 aromatic carbocycles. The lowest BCUT2D eigenvalue weighted by Gasteiger charge is -2.51. The molecule has 262 valence electrons. The summed E-state index contributed by atoms with van der Waals surface area (Å²) in [5.41, 5.74) is 14.9. The Labute approximate surface area is 295 Å². The fraction of sp³-hybridized carbons (Fsp3) is 0.619. The average Bonchev–Trinajstić information content (AvgIpc) is 3.08. The molecular formula is C42H69N4S+. The van der Waals surface area contributed by atoms with Gasteiger partial charge in [-0.05, 0) is 124 Å². The van der Waals surface area contributed by atoms with Crippen molar-refractivity contribution in [1.82, 2.24) is 15.1 Å². The van der Waals surface area contributed by atoms with E-state index >= 15 is 0 Å². The molecule has 2 saturated heterocycles. The van der Waals surface area contributed by atoms with E-state index in [0.29, 0.717) is 11.7 Å². The molecule has 5 atom stereocenters. The number of nitrogens with zero attached hydrogens (tertiary/aromatic N) is 2. The van der Waals surface area contributed by atoms with E-state index in [1.807, 2.05) is 13.8 Å². The molecule has 0 aromatic heterocycles. The minimum absolute atomic E-state index is 0.287. The third-order valence-corrected chi connectivity index (χ3v) is 10.7. The van der Waals surface area contributed by atoms with E-state index in [4.69, 9.17) is 5.73 Å². The second kappa shape index (κ2) is 20.5. The highest BCUT2D eigenvalue weighted by Gasteiger charge is 2.41. The first-order chi connectivity index (χ1) is 22.9. The number of piperazine rings is 1. The zero-order valence-electron chi connectivity index (χ0n) is 31.1. The summed E-state index contributed by atoms with van der Waals surface area (Å²) < 4.78 is 0. The normalized spacial score (nSPS) is 22.6. The molecule has 1 saturated carbocycles. The Balaban J connectivity index is 0.00000144. The Bertz CT molecular complexity index is 1260. The first-order valence-electron chi connectivity index (χ1n) is 18.9. The summed E-state index contributed by atoms with van der Waals surface area (Å²) in [5.74, 6) is 1.78. The van der Waals surface area contributed by atoms with Crippen molar-refractivity contribution in [2.75, 3.05) is 45.5 Å². The standard InChI is InChI=1S/C39H58N4.C2H6.CH4S/c1-6-8-13-39(43-22-21-42-20-10-9-12-34(42)27-43)36-19-17-33(36)25-41-26-38(35-18-14-28(3)23-32(35)11-7-2)37-24-31(30(5)40)16-15-29(37)4;2*1-2/h8,13-16,18,23-24,33-34,36,38-39,41H,5-7,9-12,17,19-22,25-27,40H2,1-4H3;1-2H3;2H,1H3/p+1/b13-8+;;. The fourth-order valence-electron chi connectivity index (χ4n) is 8.14. The minimum atomic E-state index is 0.287. The Morgan fingerprint density at radius 3 is 2.47 bits per heavy atom. The maximum atomic E-state index is 6.19. The molecule has 2 heterocycles. The molecule has 5 rings (SSSR count). The van der Waals surface area contributed by atoms with E-state index in [1.165, 1.54) is 86.1 Å². The van der Waals surface area contributed by atoms with Crippen molar-refractivity contribution in [3.05, 3.63) is 88.5 Å². The number of nitrogens with two attached hydrogens (primary N) is 1. The van der Waals surface area contributed by atoms with Crippen LogP contribution in [0.15, 0.2) is 55.1 Å². The lowest BCUT2D eigenvalue weighted by Crippen LogP contribution is -2.59. The molecule has 4 nitrogen and oxygen atoms in total. The van der Waals surface area contributed by atoms with Crippen molar-refractivity contribution in [3.8, 4) is 0 Å². The Morgan fingerprint density at radius 1 is 1.00 bits per heavy atom. The lowest BCUT2D eigenvalue weighted by molar-refractivity contribution is -0.00251. The molecule has 0 amide bonds. The maximum absolute atomic E-state index is 6.19. The molecule has 3 aliphatic rings. The molecule has 2 aromatic rings. The van der Waals surface area contributed by atoms with Crippen LogP contribution < -0.4 is 11.1 Å². The Morgan fingerprint density at radius 2 is 1.79 bits per heavy atom. The van der Waals surface area contributed by atoms with E-state index < -0.39 is 0 Å². The van der Waals surface area contributed by atoms with Crippen LogP contribution in [0.5, 0.6) is 0 Å². The fourth-order valence-corrected chi connectivity index (χ4v) is 8.14. The molecule has 0 bridgehead atoms. The van der Waals surface area contributed by atoms with E-state index in [-0.39, 0.29) is 5.92 Å². The summed E-state index contributed by atoms with van der Waals surface area (Å²) in [7, 11) is 0. The number of allylic oxidation sites excluding steroid dienone is 1. The van der Waals surface area contributed by atoms with Gasteiger partial charge >= 0.3 is 0 Å². The van der Waals surface area contributed by atoms with Gasteiger partial charge in [0.05, 0.1) is 6.26 Å². The monoisotopic (exact) mass is 662 g/mol. The highest BCUT2D eigenvalue weighted by Crippen LogP contribution is 2.40. The maximum Gasteiger partial charge on any atom is 0.0929 e. The number of aryl methyl sites for hydroxylation is 3. The number of piperidine rings is 1. The smallest absolute Gasteiger partial charge is 0.0929 e. The number of hydrogen-bond acceptors (Lipinski definition) is 4. The lowest BCUT2D eigenvalue weighted by atomic mass is 9.68. The zero-order valence-corrected chi connectivity index (χ0v) is 32.1. The highest BCUT2D eigenvalue weighted by atomic mass is 32.1. The molecule has 0 radical (unpaired) electrons.